The Hall–Kier alpha value is -0.460. The minimum Gasteiger partial charge on any atom is -0.394 e. The van der Waals surface area contributed by atoms with Gasteiger partial charge in [0, 0.05) is 7.05 Å². The van der Waals surface area contributed by atoms with Crippen LogP contribution in [0.15, 0.2) is 0 Å². The first-order valence-corrected chi connectivity index (χ1v) is 7.19. The van der Waals surface area contributed by atoms with E-state index in [1.54, 1.807) is 13.8 Å². The predicted octanol–water partition coefficient (Wildman–Crippen LogP) is -0.0935. The molecule has 8 heteroatoms. The second kappa shape index (κ2) is 8.60. The topological polar surface area (TPSA) is 96.9 Å². The Kier molecular flexibility index (Phi) is 8.37. The third kappa shape index (κ3) is 6.14. The quantitative estimate of drug-likeness (QED) is 0.505. The molecular weight excluding hydrogens is 247 g/mol. The number of nitrogens with one attached hydrogen (secondary N) is 2. The highest BCUT2D eigenvalue weighted by molar-refractivity contribution is 7.53. The molecule has 0 saturated heterocycles. The van der Waals surface area contributed by atoms with Crippen LogP contribution in [0.4, 0.5) is 0 Å². The van der Waals surface area contributed by atoms with E-state index in [0.29, 0.717) is 0 Å². The average Bonchev–Trinajstić information content (AvgIpc) is 2.30. The van der Waals surface area contributed by atoms with Gasteiger partial charge in [0.2, 0.25) is 5.91 Å². The maximum absolute atomic E-state index is 12.0. The van der Waals surface area contributed by atoms with Crippen molar-refractivity contribution in [2.24, 2.45) is 0 Å². The summed E-state index contributed by atoms with van der Waals surface area (Å²) in [6.07, 6.45) is -0.118. The van der Waals surface area contributed by atoms with Crippen molar-refractivity contribution in [2.45, 2.75) is 19.9 Å². The molecule has 0 aromatic heterocycles. The largest absolute Gasteiger partial charge is 0.394 e. The Morgan fingerprint density at radius 3 is 2.24 bits per heavy atom. The monoisotopic (exact) mass is 268 g/mol. The first-order valence-electron chi connectivity index (χ1n) is 5.47. The van der Waals surface area contributed by atoms with Gasteiger partial charge in [-0.15, -0.1) is 0 Å². The lowest BCUT2D eigenvalue weighted by Gasteiger charge is -2.20. The van der Waals surface area contributed by atoms with Gasteiger partial charge in [0.05, 0.1) is 26.1 Å². The molecule has 7 nitrogen and oxygen atoms in total. The Morgan fingerprint density at radius 1 is 1.35 bits per heavy atom. The van der Waals surface area contributed by atoms with Crippen LogP contribution in [0.1, 0.15) is 13.8 Å². The number of carbonyl (C=O) groups excluding carboxylic acids is 1. The maximum atomic E-state index is 12.0. The van der Waals surface area contributed by atoms with Gasteiger partial charge in [-0.05, 0) is 13.8 Å². The van der Waals surface area contributed by atoms with Gasteiger partial charge in [-0.25, -0.2) is 0 Å². The zero-order chi connectivity index (χ0) is 13.3. The lowest BCUT2D eigenvalue weighted by molar-refractivity contribution is -0.123. The molecule has 0 aliphatic carbocycles. The SMILES string of the molecule is CCOP(=O)(CN[C@@H](CO)C(=O)NC)OCC. The van der Waals surface area contributed by atoms with E-state index in [-0.39, 0.29) is 25.4 Å². The van der Waals surface area contributed by atoms with Crippen molar-refractivity contribution in [2.75, 3.05) is 33.2 Å². The van der Waals surface area contributed by atoms with Crippen LogP contribution < -0.4 is 10.6 Å². The fraction of sp³-hybridized carbons (Fsp3) is 0.889. The van der Waals surface area contributed by atoms with E-state index in [0.717, 1.165) is 0 Å². The molecule has 102 valence electrons. The summed E-state index contributed by atoms with van der Waals surface area (Å²) < 4.78 is 22.1. The molecule has 0 saturated carbocycles. The summed E-state index contributed by atoms with van der Waals surface area (Å²) in [5.74, 6) is -0.382. The average molecular weight is 268 g/mol. The van der Waals surface area contributed by atoms with E-state index >= 15 is 0 Å². The van der Waals surface area contributed by atoms with Crippen molar-refractivity contribution in [1.82, 2.24) is 10.6 Å². The van der Waals surface area contributed by atoms with Crippen molar-refractivity contribution < 1.29 is 23.5 Å². The van der Waals surface area contributed by atoms with Crippen LogP contribution >= 0.6 is 7.60 Å². The van der Waals surface area contributed by atoms with Crippen molar-refractivity contribution >= 4 is 13.5 Å². The molecule has 0 rings (SSSR count). The summed E-state index contributed by atoms with van der Waals surface area (Å²) in [6.45, 7) is 3.52. The number of hydrogen-bond acceptors (Lipinski definition) is 6. The summed E-state index contributed by atoms with van der Waals surface area (Å²) >= 11 is 0. The summed E-state index contributed by atoms with van der Waals surface area (Å²) in [6, 6.07) is -0.825. The Morgan fingerprint density at radius 2 is 1.88 bits per heavy atom. The molecule has 0 unspecified atom stereocenters. The van der Waals surface area contributed by atoms with E-state index in [9.17, 15) is 9.36 Å². The zero-order valence-corrected chi connectivity index (χ0v) is 11.3. The predicted molar refractivity (Wildman–Crippen MR) is 63.8 cm³/mol. The lowest BCUT2D eigenvalue weighted by atomic mass is 10.3. The normalized spacial score (nSPS) is 13.4. The van der Waals surface area contributed by atoms with Gasteiger partial charge in [0.1, 0.15) is 6.04 Å². The molecule has 0 heterocycles. The summed E-state index contributed by atoms with van der Waals surface area (Å²) in [5.41, 5.74) is 0. The summed E-state index contributed by atoms with van der Waals surface area (Å²) in [5, 5.41) is 14.0. The number of hydrogen-bond donors (Lipinski definition) is 3. The molecule has 1 amide bonds. The molecule has 0 aromatic rings. The van der Waals surface area contributed by atoms with Gasteiger partial charge >= 0.3 is 7.60 Å². The first kappa shape index (κ1) is 16.5. The Labute approximate surface area is 101 Å². The van der Waals surface area contributed by atoms with E-state index in [4.69, 9.17) is 14.2 Å². The molecule has 0 aliphatic rings. The molecule has 0 aliphatic heterocycles. The van der Waals surface area contributed by atoms with Gasteiger partial charge < -0.3 is 19.5 Å². The van der Waals surface area contributed by atoms with E-state index in [1.807, 2.05) is 0 Å². The fourth-order valence-corrected chi connectivity index (χ4v) is 2.65. The van der Waals surface area contributed by atoms with Gasteiger partial charge in [-0.2, -0.15) is 0 Å². The van der Waals surface area contributed by atoms with E-state index in [2.05, 4.69) is 10.6 Å². The van der Waals surface area contributed by atoms with Crippen LogP contribution in [0.5, 0.6) is 0 Å². The fourth-order valence-electron chi connectivity index (χ4n) is 1.16. The molecular formula is C9H21N2O5P. The van der Waals surface area contributed by atoms with Gasteiger partial charge in [0.25, 0.3) is 0 Å². The van der Waals surface area contributed by atoms with Crippen molar-refractivity contribution in [3.8, 4) is 0 Å². The van der Waals surface area contributed by atoms with Crippen molar-refractivity contribution in [1.29, 1.82) is 0 Å². The van der Waals surface area contributed by atoms with Crippen LogP contribution in [-0.2, 0) is 18.4 Å². The van der Waals surface area contributed by atoms with Crippen molar-refractivity contribution in [3.05, 3.63) is 0 Å². The number of aliphatic hydroxyl groups excluding tert-OH is 1. The molecule has 1 atom stereocenters. The molecule has 17 heavy (non-hydrogen) atoms. The molecule has 0 fully saturated rings. The first-order chi connectivity index (χ1) is 8.02. The minimum atomic E-state index is -3.24. The molecule has 0 spiro atoms. The number of amides is 1. The van der Waals surface area contributed by atoms with Gasteiger partial charge in [-0.1, -0.05) is 0 Å². The Balaban J connectivity index is 4.37. The van der Waals surface area contributed by atoms with Crippen LogP contribution in [0, 0.1) is 0 Å². The van der Waals surface area contributed by atoms with Crippen LogP contribution in [0.25, 0.3) is 0 Å². The highest BCUT2D eigenvalue weighted by Crippen LogP contribution is 2.46. The third-order valence-electron chi connectivity index (χ3n) is 1.93. The van der Waals surface area contributed by atoms with E-state index in [1.165, 1.54) is 7.05 Å². The second-order valence-electron chi connectivity index (χ2n) is 3.16. The third-order valence-corrected chi connectivity index (χ3v) is 3.80. The summed E-state index contributed by atoms with van der Waals surface area (Å²) in [4.78, 5) is 11.3. The highest BCUT2D eigenvalue weighted by Gasteiger charge is 2.26. The van der Waals surface area contributed by atoms with Gasteiger partial charge in [0.15, 0.2) is 0 Å². The Bertz CT molecular complexity index is 264. The lowest BCUT2D eigenvalue weighted by Crippen LogP contribution is -2.45. The maximum Gasteiger partial charge on any atom is 0.344 e. The van der Waals surface area contributed by atoms with E-state index < -0.39 is 20.2 Å². The van der Waals surface area contributed by atoms with Crippen molar-refractivity contribution in [3.63, 3.8) is 0 Å². The minimum absolute atomic E-state index is 0.118. The van der Waals surface area contributed by atoms with Gasteiger partial charge in [-0.3, -0.25) is 14.7 Å². The second-order valence-corrected chi connectivity index (χ2v) is 5.21. The highest BCUT2D eigenvalue weighted by atomic mass is 31.2. The zero-order valence-electron chi connectivity index (χ0n) is 10.4. The van der Waals surface area contributed by atoms with Crippen LogP contribution in [-0.4, -0.2) is 50.2 Å². The standard InChI is InChI=1S/C9H21N2O5P/c1-4-15-17(14,16-5-2)7-11-8(6-12)9(13)10-3/h8,11-12H,4-7H2,1-3H3,(H,10,13)/t8-/m0/s1. The molecule has 0 bridgehead atoms. The molecule has 3 N–H and O–H groups in total. The van der Waals surface area contributed by atoms with Crippen LogP contribution in [0.3, 0.4) is 0 Å². The van der Waals surface area contributed by atoms with Crippen LogP contribution in [0.2, 0.25) is 0 Å². The number of carbonyl (C=O) groups is 1. The number of aliphatic hydroxyl groups is 1. The summed E-state index contributed by atoms with van der Waals surface area (Å²) in [7, 11) is -1.78. The number of rotatable bonds is 9. The number of likely N-dealkylation sites (N-methyl/N-ethyl adjacent to an activating group) is 1. The smallest absolute Gasteiger partial charge is 0.344 e. The molecule has 0 radical (unpaired) electrons. The molecule has 0 aromatic carbocycles.